The summed E-state index contributed by atoms with van der Waals surface area (Å²) in [6, 6.07) is 27.3. The van der Waals surface area contributed by atoms with Crippen molar-refractivity contribution in [3.05, 3.63) is 106 Å². The minimum atomic E-state index is -0.0601. The fourth-order valence-electron chi connectivity index (χ4n) is 5.14. The molecule has 4 heteroatoms. The van der Waals surface area contributed by atoms with Gasteiger partial charge in [-0.15, -0.1) is 0 Å². The van der Waals surface area contributed by atoms with Crippen molar-refractivity contribution < 1.29 is 14.2 Å². The topological polar surface area (TPSA) is 27.7 Å². The predicted octanol–water partition coefficient (Wildman–Crippen LogP) is 7.70. The normalized spacial score (nSPS) is 25.3. The molecule has 0 N–H and O–H groups in total. The van der Waals surface area contributed by atoms with Gasteiger partial charge in [-0.1, -0.05) is 103 Å². The Morgan fingerprint density at radius 3 is 2.11 bits per heavy atom. The van der Waals surface area contributed by atoms with E-state index in [-0.39, 0.29) is 24.2 Å². The molecule has 35 heavy (non-hydrogen) atoms. The maximum atomic E-state index is 6.85. The van der Waals surface area contributed by atoms with Crippen LogP contribution in [-0.4, -0.2) is 24.9 Å². The van der Waals surface area contributed by atoms with Gasteiger partial charge in [-0.2, -0.15) is 0 Å². The van der Waals surface area contributed by atoms with Crippen molar-refractivity contribution in [3.63, 3.8) is 0 Å². The molecule has 0 spiro atoms. The Hall–Kier alpha value is -1.98. The highest BCUT2D eigenvalue weighted by atomic mass is 79.9. The van der Waals surface area contributed by atoms with Crippen LogP contribution in [0.15, 0.2) is 83.3 Å². The quantitative estimate of drug-likeness (QED) is 0.280. The van der Waals surface area contributed by atoms with Crippen LogP contribution < -0.4 is 0 Å². The second kappa shape index (κ2) is 12.3. The first-order valence-electron chi connectivity index (χ1n) is 12.6. The van der Waals surface area contributed by atoms with Crippen molar-refractivity contribution in [2.75, 3.05) is 6.61 Å². The van der Waals surface area contributed by atoms with Crippen molar-refractivity contribution in [3.8, 4) is 0 Å². The summed E-state index contributed by atoms with van der Waals surface area (Å²) in [5, 5.41) is 0. The van der Waals surface area contributed by atoms with Gasteiger partial charge in [0.05, 0.1) is 38.1 Å². The number of ether oxygens (including phenoxy) is 3. The molecule has 0 amide bonds. The van der Waals surface area contributed by atoms with E-state index in [0.29, 0.717) is 31.7 Å². The second-order valence-corrected chi connectivity index (χ2v) is 10.8. The molecule has 2 unspecified atom stereocenters. The van der Waals surface area contributed by atoms with Gasteiger partial charge in [0, 0.05) is 10.4 Å². The van der Waals surface area contributed by atoms with E-state index in [1.54, 1.807) is 0 Å². The molecule has 1 heterocycles. The van der Waals surface area contributed by atoms with Gasteiger partial charge in [-0.25, -0.2) is 0 Å². The van der Waals surface area contributed by atoms with E-state index in [0.717, 1.165) is 4.47 Å². The molecule has 186 valence electrons. The van der Waals surface area contributed by atoms with Crippen LogP contribution in [0.3, 0.4) is 0 Å². The third-order valence-electron chi connectivity index (χ3n) is 7.48. The largest absolute Gasteiger partial charge is 0.374 e. The molecule has 1 fully saturated rings. The molecule has 1 aliphatic heterocycles. The molecule has 3 nitrogen and oxygen atoms in total. The lowest BCUT2D eigenvalue weighted by molar-refractivity contribution is -0.209. The summed E-state index contributed by atoms with van der Waals surface area (Å²) < 4.78 is 20.7. The second-order valence-electron chi connectivity index (χ2n) is 9.91. The number of hydrogen-bond donors (Lipinski definition) is 0. The fraction of sp³-hybridized carbons (Fsp3) is 0.419. The monoisotopic (exact) mass is 536 g/mol. The van der Waals surface area contributed by atoms with E-state index in [1.165, 1.54) is 22.3 Å². The first kappa shape index (κ1) is 26.1. The highest BCUT2D eigenvalue weighted by Crippen LogP contribution is 2.40. The summed E-state index contributed by atoms with van der Waals surface area (Å²) in [4.78, 5) is 0. The molecule has 3 aromatic carbocycles. The molecule has 0 aromatic heterocycles. The Morgan fingerprint density at radius 2 is 1.49 bits per heavy atom. The van der Waals surface area contributed by atoms with Crippen LogP contribution in [0.25, 0.3) is 0 Å². The summed E-state index contributed by atoms with van der Waals surface area (Å²) in [6.07, 6.45) is -0.0442. The van der Waals surface area contributed by atoms with Crippen molar-refractivity contribution in [2.24, 2.45) is 11.8 Å². The molecule has 0 saturated carbocycles. The number of rotatable bonds is 9. The Balaban J connectivity index is 1.52. The summed E-state index contributed by atoms with van der Waals surface area (Å²) in [6.45, 7) is 10.8. The first-order chi connectivity index (χ1) is 16.9. The average Bonchev–Trinajstić information content (AvgIpc) is 2.87. The van der Waals surface area contributed by atoms with Crippen molar-refractivity contribution in [1.82, 2.24) is 0 Å². The van der Waals surface area contributed by atoms with Gasteiger partial charge in [-0.05, 0) is 53.1 Å². The van der Waals surface area contributed by atoms with Crippen LogP contribution >= 0.6 is 15.9 Å². The Kier molecular flexibility index (Phi) is 9.18. The van der Waals surface area contributed by atoms with E-state index in [4.69, 9.17) is 14.2 Å². The molecule has 0 bridgehead atoms. The van der Waals surface area contributed by atoms with E-state index < -0.39 is 0 Å². The number of halogens is 1. The zero-order chi connectivity index (χ0) is 24.8. The van der Waals surface area contributed by atoms with Crippen molar-refractivity contribution in [2.45, 2.75) is 65.1 Å². The van der Waals surface area contributed by atoms with Gasteiger partial charge >= 0.3 is 0 Å². The van der Waals surface area contributed by atoms with Crippen LogP contribution in [0.1, 0.15) is 48.9 Å². The third-order valence-corrected chi connectivity index (χ3v) is 7.98. The highest BCUT2D eigenvalue weighted by molar-refractivity contribution is 9.10. The highest BCUT2D eigenvalue weighted by Gasteiger charge is 2.44. The minimum absolute atomic E-state index is 0.00590. The average molecular weight is 538 g/mol. The molecular weight excluding hydrogens is 500 g/mol. The molecule has 0 radical (unpaired) electrons. The van der Waals surface area contributed by atoms with Gasteiger partial charge in [0.15, 0.2) is 0 Å². The fourth-order valence-corrected chi connectivity index (χ4v) is 5.62. The summed E-state index contributed by atoms with van der Waals surface area (Å²) in [7, 11) is 0. The Bertz CT molecular complexity index is 1050. The zero-order valence-corrected chi connectivity index (χ0v) is 22.8. The van der Waals surface area contributed by atoms with Crippen LogP contribution in [0.4, 0.5) is 0 Å². The van der Waals surface area contributed by atoms with Crippen molar-refractivity contribution in [1.29, 1.82) is 0 Å². The summed E-state index contributed by atoms with van der Waals surface area (Å²) in [5.74, 6) is 0.845. The van der Waals surface area contributed by atoms with E-state index in [2.05, 4.69) is 98.2 Å². The van der Waals surface area contributed by atoms with Gasteiger partial charge < -0.3 is 14.2 Å². The van der Waals surface area contributed by atoms with Crippen LogP contribution in [0, 0.1) is 18.8 Å². The van der Waals surface area contributed by atoms with Gasteiger partial charge in [0.1, 0.15) is 0 Å². The Morgan fingerprint density at radius 1 is 0.857 bits per heavy atom. The van der Waals surface area contributed by atoms with Gasteiger partial charge in [0.2, 0.25) is 0 Å². The standard InChI is InChI=1S/C31H37BrO3/c1-21-17-27(32)15-16-28(21)24(4)31-30(34-19-26-13-9-6-10-14-26)23(3)22(2)29(35-31)20-33-18-25-11-7-5-8-12-25/h5-17,22-24,29-31H,18-20H2,1-4H3/t22-,23-,24-,29?,30?,31+/m0/s1. The first-order valence-corrected chi connectivity index (χ1v) is 13.4. The SMILES string of the molecule is Cc1cc(Br)ccc1[C@H](C)[C@H]1OC(COCc2ccccc2)[C@@H](C)[C@H](C)C1OCc1ccccc1. The molecule has 1 aliphatic rings. The number of benzene rings is 3. The molecule has 0 aliphatic carbocycles. The Labute approximate surface area is 218 Å². The lowest BCUT2D eigenvalue weighted by Crippen LogP contribution is -2.53. The van der Waals surface area contributed by atoms with Crippen LogP contribution in [0.2, 0.25) is 0 Å². The van der Waals surface area contributed by atoms with E-state index >= 15 is 0 Å². The number of aryl methyl sites for hydroxylation is 1. The van der Waals surface area contributed by atoms with Gasteiger partial charge in [0.25, 0.3) is 0 Å². The molecule has 6 atom stereocenters. The predicted molar refractivity (Wildman–Crippen MR) is 145 cm³/mol. The maximum Gasteiger partial charge on any atom is 0.0910 e. The molecular formula is C31H37BrO3. The molecule has 3 aromatic rings. The minimum Gasteiger partial charge on any atom is -0.374 e. The zero-order valence-electron chi connectivity index (χ0n) is 21.2. The van der Waals surface area contributed by atoms with Crippen LogP contribution in [-0.2, 0) is 27.4 Å². The smallest absolute Gasteiger partial charge is 0.0910 e. The van der Waals surface area contributed by atoms with Crippen LogP contribution in [0.5, 0.6) is 0 Å². The summed E-state index contributed by atoms with van der Waals surface area (Å²) >= 11 is 3.61. The number of hydrogen-bond acceptors (Lipinski definition) is 3. The lowest BCUT2D eigenvalue weighted by Gasteiger charge is -2.47. The lowest BCUT2D eigenvalue weighted by atomic mass is 9.76. The summed E-state index contributed by atoms with van der Waals surface area (Å²) in [5.41, 5.74) is 4.94. The van der Waals surface area contributed by atoms with Crippen molar-refractivity contribution >= 4 is 15.9 Å². The van der Waals surface area contributed by atoms with E-state index in [1.807, 2.05) is 24.3 Å². The van der Waals surface area contributed by atoms with Gasteiger partial charge in [-0.3, -0.25) is 0 Å². The maximum absolute atomic E-state index is 6.85. The third kappa shape index (κ3) is 6.62. The molecule has 4 rings (SSSR count). The van der Waals surface area contributed by atoms with E-state index in [9.17, 15) is 0 Å². The molecule has 1 saturated heterocycles.